The van der Waals surface area contributed by atoms with E-state index in [1.807, 2.05) is 0 Å². The Kier molecular flexibility index (Phi) is 63.0. The Morgan fingerprint density at radius 2 is 0.697 bits per heavy atom. The number of nitrogens with one attached hydrogen (secondary N) is 1. The predicted octanol–water partition coefficient (Wildman–Crippen LogP) is 20.8. The average molecular weight is 1240 g/mol. The number of rotatable bonds is 63. The smallest absolute Gasteiger partial charge is 0.220 e. The van der Waals surface area contributed by atoms with Gasteiger partial charge in [-0.15, -0.1) is 0 Å². The summed E-state index contributed by atoms with van der Waals surface area (Å²) in [5.74, 6) is -0.165. The van der Waals surface area contributed by atoms with Crippen molar-refractivity contribution in [3.63, 3.8) is 0 Å². The molecule has 0 saturated carbocycles. The number of hydrogen-bond donors (Lipinski definition) is 6. The van der Waals surface area contributed by atoms with Crippen LogP contribution in [0.15, 0.2) is 134 Å². The van der Waals surface area contributed by atoms with Crippen LogP contribution in [-0.2, 0) is 14.3 Å². The van der Waals surface area contributed by atoms with Crippen molar-refractivity contribution < 1.29 is 39.8 Å². The predicted molar refractivity (Wildman–Crippen MR) is 382 cm³/mol. The first kappa shape index (κ1) is 83.3. The second-order valence-electron chi connectivity index (χ2n) is 25.0. The lowest BCUT2D eigenvalue weighted by Crippen LogP contribution is -2.60. The number of amides is 1. The quantitative estimate of drug-likeness (QED) is 0.0261. The lowest BCUT2D eigenvalue weighted by molar-refractivity contribution is -0.302. The molecule has 0 spiro atoms. The van der Waals surface area contributed by atoms with E-state index in [-0.39, 0.29) is 12.5 Å². The number of aliphatic hydroxyl groups is 5. The molecule has 1 rings (SSSR count). The van der Waals surface area contributed by atoms with Crippen LogP contribution in [0.4, 0.5) is 0 Å². The van der Waals surface area contributed by atoms with Gasteiger partial charge in [-0.2, -0.15) is 0 Å². The van der Waals surface area contributed by atoms with Gasteiger partial charge in [-0.25, -0.2) is 0 Å². The van der Waals surface area contributed by atoms with E-state index >= 15 is 0 Å². The average Bonchev–Trinajstić information content (AvgIpc) is 2.42. The summed E-state index contributed by atoms with van der Waals surface area (Å²) < 4.78 is 11.4. The second-order valence-corrected chi connectivity index (χ2v) is 25.0. The minimum absolute atomic E-state index is 0.153. The van der Waals surface area contributed by atoms with Crippen molar-refractivity contribution >= 4 is 5.91 Å². The second kappa shape index (κ2) is 67.2. The number of hydrogen-bond acceptors (Lipinski definition) is 8. The zero-order valence-electron chi connectivity index (χ0n) is 57.1. The lowest BCUT2D eigenvalue weighted by atomic mass is 9.99. The van der Waals surface area contributed by atoms with Gasteiger partial charge in [0.05, 0.1) is 25.4 Å². The number of carbonyl (C=O) groups is 1. The molecule has 9 nitrogen and oxygen atoms in total. The Hall–Kier alpha value is -3.67. The standard InChI is InChI=1S/C80H137NO8/c1-3-5-7-9-11-13-15-17-19-21-23-25-27-29-31-32-33-34-35-36-37-38-39-40-41-42-44-46-48-50-52-54-56-58-60-62-64-66-68-70-76(84)81-73(72-88-80-79(87)78(86)77(85)75(71-82)89-80)74(83)69-67-65-63-61-59-57-55-53-51-49-47-45-43-30-28-26-24-22-20-18-16-14-12-10-8-6-4-2/h5,7,11,13,17,19,23,25,29,31,33-34,36-37,39-40,42,44,48,50,54,56,73-75,77-80,82-83,85-87H,3-4,6,8-10,12,14-16,18,20-22,24,26-28,30,32,35,38,41,43,45-47,49,51-53,55,57-72H2,1-2H3,(H,81,84)/b7-5-,13-11-,19-17-,25-23-,31-29-,34-33-,37-36-,40-39-,44-42-,50-48-,56-54-. The summed E-state index contributed by atoms with van der Waals surface area (Å²) in [4.78, 5) is 13.2. The SMILES string of the molecule is CC/C=C\C/C=C\C/C=C\C/C=C\C/C=C\C/C=C\C/C=C\C/C=C\C/C=C\C/C=C\C/C=C\CCCCCCCC(=O)NC(COC1OC(CO)C(O)C(O)C1O)C(O)CCCCCCCCCCCCCCCCCCCCCCCCCCCCC. The molecule has 0 aromatic carbocycles. The molecule has 1 aliphatic rings. The molecule has 7 atom stereocenters. The van der Waals surface area contributed by atoms with Crippen LogP contribution in [0.3, 0.4) is 0 Å². The van der Waals surface area contributed by atoms with Crippen LogP contribution in [-0.4, -0.2) is 87.5 Å². The Morgan fingerprint density at radius 1 is 0.393 bits per heavy atom. The van der Waals surface area contributed by atoms with Crippen molar-refractivity contribution in [1.29, 1.82) is 0 Å². The van der Waals surface area contributed by atoms with E-state index < -0.39 is 49.5 Å². The van der Waals surface area contributed by atoms with Crippen molar-refractivity contribution in [2.45, 2.75) is 352 Å². The van der Waals surface area contributed by atoms with E-state index in [1.54, 1.807) is 0 Å². The summed E-state index contributed by atoms with van der Waals surface area (Å²) in [6, 6.07) is -0.742. The van der Waals surface area contributed by atoms with Crippen molar-refractivity contribution in [3.05, 3.63) is 134 Å². The first-order valence-corrected chi connectivity index (χ1v) is 36.9. The summed E-state index contributed by atoms with van der Waals surface area (Å²) in [7, 11) is 0. The number of aliphatic hydroxyl groups excluding tert-OH is 5. The van der Waals surface area contributed by atoms with Crippen LogP contribution < -0.4 is 5.32 Å². The van der Waals surface area contributed by atoms with E-state index in [0.29, 0.717) is 12.8 Å². The number of ether oxygens (including phenoxy) is 2. The number of allylic oxidation sites excluding steroid dienone is 22. The Labute approximate surface area is 547 Å². The molecule has 0 aromatic heterocycles. The Morgan fingerprint density at radius 3 is 1.03 bits per heavy atom. The molecule has 1 amide bonds. The monoisotopic (exact) mass is 1240 g/mol. The molecule has 6 N–H and O–H groups in total. The third kappa shape index (κ3) is 55.7. The molecule has 0 aromatic rings. The van der Waals surface area contributed by atoms with Crippen LogP contribution in [0.2, 0.25) is 0 Å². The molecule has 0 radical (unpaired) electrons. The topological polar surface area (TPSA) is 149 Å². The molecule has 0 bridgehead atoms. The van der Waals surface area contributed by atoms with Gasteiger partial charge < -0.3 is 40.3 Å². The van der Waals surface area contributed by atoms with Gasteiger partial charge in [0.2, 0.25) is 5.91 Å². The summed E-state index contributed by atoms with van der Waals surface area (Å²) in [5.41, 5.74) is 0. The highest BCUT2D eigenvalue weighted by atomic mass is 16.7. The molecule has 1 aliphatic heterocycles. The molecule has 9 heteroatoms. The summed E-state index contributed by atoms with van der Waals surface area (Å²) in [6.45, 7) is 3.74. The molecule has 89 heavy (non-hydrogen) atoms. The largest absolute Gasteiger partial charge is 0.394 e. The molecule has 7 unspecified atom stereocenters. The van der Waals surface area contributed by atoms with Gasteiger partial charge in [0, 0.05) is 6.42 Å². The van der Waals surface area contributed by atoms with Gasteiger partial charge in [-0.05, 0) is 96.3 Å². The Bertz CT molecular complexity index is 1870. The molecule has 1 fully saturated rings. The lowest BCUT2D eigenvalue weighted by Gasteiger charge is -2.40. The van der Waals surface area contributed by atoms with Gasteiger partial charge in [0.25, 0.3) is 0 Å². The van der Waals surface area contributed by atoms with Crippen molar-refractivity contribution in [2.24, 2.45) is 0 Å². The van der Waals surface area contributed by atoms with Crippen molar-refractivity contribution in [2.75, 3.05) is 13.2 Å². The van der Waals surface area contributed by atoms with Gasteiger partial charge in [-0.3, -0.25) is 4.79 Å². The molecule has 1 saturated heterocycles. The summed E-state index contributed by atoms with van der Waals surface area (Å²) in [5, 5.41) is 55.0. The van der Waals surface area contributed by atoms with E-state index in [0.717, 1.165) is 128 Å². The van der Waals surface area contributed by atoms with Gasteiger partial charge in [-0.1, -0.05) is 340 Å². The van der Waals surface area contributed by atoms with E-state index in [1.165, 1.54) is 154 Å². The maximum absolute atomic E-state index is 13.2. The fraction of sp³-hybridized carbons (Fsp3) is 0.713. The molecule has 1 heterocycles. The first-order valence-electron chi connectivity index (χ1n) is 36.9. The summed E-state index contributed by atoms with van der Waals surface area (Å²) in [6.07, 6.45) is 95.2. The fourth-order valence-corrected chi connectivity index (χ4v) is 11.1. The molecular formula is C80H137NO8. The normalized spacial score (nSPS) is 18.7. The van der Waals surface area contributed by atoms with E-state index in [9.17, 15) is 30.3 Å². The van der Waals surface area contributed by atoms with Crippen LogP contribution in [0.25, 0.3) is 0 Å². The molecule has 0 aliphatic carbocycles. The molecule has 510 valence electrons. The van der Waals surface area contributed by atoms with E-state index in [2.05, 4.69) is 153 Å². The van der Waals surface area contributed by atoms with Crippen LogP contribution in [0.1, 0.15) is 309 Å². The fourth-order valence-electron chi connectivity index (χ4n) is 11.1. The molecular weight excluding hydrogens is 1100 g/mol. The number of carbonyl (C=O) groups excluding carboxylic acids is 1. The van der Waals surface area contributed by atoms with Gasteiger partial charge >= 0.3 is 0 Å². The first-order chi connectivity index (χ1) is 43.8. The third-order valence-corrected chi connectivity index (χ3v) is 16.8. The zero-order chi connectivity index (χ0) is 64.2. The van der Waals surface area contributed by atoms with Gasteiger partial charge in [0.15, 0.2) is 6.29 Å². The highest BCUT2D eigenvalue weighted by Crippen LogP contribution is 2.24. The third-order valence-electron chi connectivity index (χ3n) is 16.8. The van der Waals surface area contributed by atoms with Crippen LogP contribution in [0.5, 0.6) is 0 Å². The van der Waals surface area contributed by atoms with Gasteiger partial charge in [0.1, 0.15) is 24.4 Å². The van der Waals surface area contributed by atoms with Crippen LogP contribution >= 0.6 is 0 Å². The van der Waals surface area contributed by atoms with Crippen molar-refractivity contribution in [3.8, 4) is 0 Å². The summed E-state index contributed by atoms with van der Waals surface area (Å²) >= 11 is 0. The van der Waals surface area contributed by atoms with Crippen molar-refractivity contribution in [1.82, 2.24) is 5.32 Å². The highest BCUT2D eigenvalue weighted by Gasteiger charge is 2.44. The highest BCUT2D eigenvalue weighted by molar-refractivity contribution is 5.76. The maximum Gasteiger partial charge on any atom is 0.220 e. The zero-order valence-corrected chi connectivity index (χ0v) is 57.1. The maximum atomic E-state index is 13.2. The minimum Gasteiger partial charge on any atom is -0.394 e. The minimum atomic E-state index is -1.57. The van der Waals surface area contributed by atoms with E-state index in [4.69, 9.17) is 9.47 Å². The number of unbranched alkanes of at least 4 members (excludes halogenated alkanes) is 31. The Balaban J connectivity index is 2.16. The van der Waals surface area contributed by atoms with Crippen LogP contribution in [0, 0.1) is 0 Å².